The summed E-state index contributed by atoms with van der Waals surface area (Å²) in [7, 11) is 1.54. The molecule has 1 aromatic rings. The van der Waals surface area contributed by atoms with Crippen molar-refractivity contribution in [1.82, 2.24) is 19.8 Å². The van der Waals surface area contributed by atoms with Crippen LogP contribution in [0.3, 0.4) is 0 Å². The molecular weight excluding hydrogens is 352 g/mol. The van der Waals surface area contributed by atoms with E-state index in [0.29, 0.717) is 19.6 Å². The molecule has 2 amide bonds. The molecule has 2 aliphatic rings. The summed E-state index contributed by atoms with van der Waals surface area (Å²) in [6.07, 6.45) is 3.93. The molecule has 8 heteroatoms. The number of amides is 2. The van der Waals surface area contributed by atoms with Crippen LogP contribution in [0.25, 0.3) is 0 Å². The molecule has 1 fully saturated rings. The van der Waals surface area contributed by atoms with Gasteiger partial charge in [0.15, 0.2) is 0 Å². The lowest BCUT2D eigenvalue weighted by Crippen LogP contribution is -2.60. The van der Waals surface area contributed by atoms with Crippen LogP contribution < -0.4 is 0 Å². The van der Waals surface area contributed by atoms with E-state index in [1.165, 1.54) is 0 Å². The molecule has 0 aliphatic carbocycles. The second kappa shape index (κ2) is 8.00. The largest absolute Gasteiger partial charge is 0.375 e. The van der Waals surface area contributed by atoms with Gasteiger partial charge in [-0.25, -0.2) is 4.98 Å². The van der Waals surface area contributed by atoms with Crippen LogP contribution in [0.4, 0.5) is 0 Å². The molecule has 1 atom stereocenters. The van der Waals surface area contributed by atoms with E-state index < -0.39 is 5.54 Å². The van der Waals surface area contributed by atoms with Crippen LogP contribution in [-0.2, 0) is 26.3 Å². The molecule has 1 aromatic heterocycles. The maximum Gasteiger partial charge on any atom is 0.249 e. The number of piperidine rings is 1. The lowest BCUT2D eigenvalue weighted by molar-refractivity contribution is -0.147. The molecule has 1 saturated heterocycles. The van der Waals surface area contributed by atoms with E-state index in [1.54, 1.807) is 25.2 Å². The lowest BCUT2D eigenvalue weighted by Gasteiger charge is -2.50. The highest BCUT2D eigenvalue weighted by Crippen LogP contribution is 2.42. The molecule has 7 nitrogen and oxygen atoms in total. The number of carbonyl (C=O) groups excluding carboxylic acids is 2. The fraction of sp³-hybridized carbons (Fsp3) is 0.722. The second-order valence-electron chi connectivity index (χ2n) is 6.91. The lowest BCUT2D eigenvalue weighted by atomic mass is 9.78. The number of hydrogen-bond donors (Lipinski definition) is 1. The summed E-state index contributed by atoms with van der Waals surface area (Å²) in [6.45, 7) is 6.08. The van der Waals surface area contributed by atoms with Crippen molar-refractivity contribution in [2.24, 2.45) is 0 Å². The molecule has 0 bridgehead atoms. The summed E-state index contributed by atoms with van der Waals surface area (Å²) < 4.78 is 5.09. The summed E-state index contributed by atoms with van der Waals surface area (Å²) in [4.78, 5) is 37.0. The highest BCUT2D eigenvalue weighted by atomic mass is 32.2. The van der Waals surface area contributed by atoms with Crippen molar-refractivity contribution in [2.45, 2.75) is 43.9 Å². The van der Waals surface area contributed by atoms with E-state index in [-0.39, 0.29) is 23.7 Å². The number of likely N-dealkylation sites (tertiary alicyclic amines) is 1. The maximum absolute atomic E-state index is 12.7. The molecule has 2 aliphatic heterocycles. The van der Waals surface area contributed by atoms with Crippen molar-refractivity contribution < 1.29 is 14.3 Å². The zero-order valence-electron chi connectivity index (χ0n) is 15.8. The van der Waals surface area contributed by atoms with E-state index in [9.17, 15) is 9.59 Å². The first-order valence-electron chi connectivity index (χ1n) is 9.26. The van der Waals surface area contributed by atoms with Gasteiger partial charge in [-0.15, -0.1) is 11.8 Å². The number of hydrogen-bond acceptors (Lipinski definition) is 5. The Bertz CT molecular complexity index is 655. The van der Waals surface area contributed by atoms with Crippen LogP contribution in [0.1, 0.15) is 38.1 Å². The number of nitrogens with zero attached hydrogens (tertiary/aromatic N) is 3. The van der Waals surface area contributed by atoms with Gasteiger partial charge >= 0.3 is 0 Å². The van der Waals surface area contributed by atoms with Gasteiger partial charge in [0.05, 0.1) is 22.8 Å². The number of rotatable bonds is 5. The quantitative estimate of drug-likeness (QED) is 0.835. The Balaban J connectivity index is 1.81. The number of aromatic nitrogens is 2. The highest BCUT2D eigenvalue weighted by molar-refractivity contribution is 8.00. The average molecular weight is 381 g/mol. The van der Waals surface area contributed by atoms with Gasteiger partial charge in [0.25, 0.3) is 0 Å². The Labute approximate surface area is 158 Å². The molecule has 3 heterocycles. The van der Waals surface area contributed by atoms with Gasteiger partial charge in [0.2, 0.25) is 11.8 Å². The van der Waals surface area contributed by atoms with Crippen LogP contribution in [0.5, 0.6) is 0 Å². The zero-order chi connectivity index (χ0) is 18.7. The van der Waals surface area contributed by atoms with E-state index in [2.05, 4.69) is 16.9 Å². The van der Waals surface area contributed by atoms with E-state index in [1.807, 2.05) is 16.7 Å². The Morgan fingerprint density at radius 1 is 1.38 bits per heavy atom. The zero-order valence-corrected chi connectivity index (χ0v) is 16.6. The summed E-state index contributed by atoms with van der Waals surface area (Å²) in [5, 5.41) is -0.0208. The minimum atomic E-state index is -0.429. The molecule has 0 aromatic carbocycles. The third-order valence-electron chi connectivity index (χ3n) is 5.50. The number of fused-ring (bicyclic) bond motifs is 2. The predicted molar refractivity (Wildman–Crippen MR) is 101 cm³/mol. The standard InChI is InChI=1S/C18H28N4O3S/c1-4-26-13(2)17(24)21-9-6-18(7-10-21)16-14(19-12-20-16)5-8-22(18)15(23)11-25-3/h12-13H,4-11H2,1-3H3,(H,19,20)/t13-/m0/s1. The molecule has 1 spiro atoms. The van der Waals surface area contributed by atoms with Gasteiger partial charge in [0.1, 0.15) is 6.61 Å². The van der Waals surface area contributed by atoms with Gasteiger partial charge in [-0.05, 0) is 25.5 Å². The summed E-state index contributed by atoms with van der Waals surface area (Å²) >= 11 is 1.67. The van der Waals surface area contributed by atoms with Crippen molar-refractivity contribution in [3.05, 3.63) is 17.7 Å². The molecule has 1 N–H and O–H groups in total. The van der Waals surface area contributed by atoms with Crippen molar-refractivity contribution in [1.29, 1.82) is 0 Å². The number of H-pyrrole nitrogens is 1. The topological polar surface area (TPSA) is 78.5 Å². The molecule has 144 valence electrons. The molecule has 0 unspecified atom stereocenters. The third kappa shape index (κ3) is 3.36. The number of nitrogens with one attached hydrogen (secondary N) is 1. The van der Waals surface area contributed by atoms with Crippen molar-refractivity contribution >= 4 is 23.6 Å². The predicted octanol–water partition coefficient (Wildman–Crippen LogP) is 1.40. The molecule has 26 heavy (non-hydrogen) atoms. The normalized spacial score (nSPS) is 20.1. The van der Waals surface area contributed by atoms with Crippen LogP contribution in [0.15, 0.2) is 6.33 Å². The highest BCUT2D eigenvalue weighted by Gasteiger charge is 2.49. The SMILES string of the molecule is CCS[C@@H](C)C(=O)N1CCC2(CC1)c1nc[nH]c1CCN2C(=O)COC. The first-order chi connectivity index (χ1) is 12.5. The van der Waals surface area contributed by atoms with Crippen LogP contribution in [-0.4, -0.2) is 75.9 Å². The van der Waals surface area contributed by atoms with Gasteiger partial charge < -0.3 is 19.5 Å². The van der Waals surface area contributed by atoms with Gasteiger partial charge in [0, 0.05) is 38.9 Å². The number of imidazole rings is 1. The van der Waals surface area contributed by atoms with Crippen molar-refractivity contribution in [2.75, 3.05) is 39.1 Å². The fourth-order valence-electron chi connectivity index (χ4n) is 4.23. The Hall–Kier alpha value is -1.54. The fourth-order valence-corrected chi connectivity index (χ4v) is 5.02. The molecule has 0 saturated carbocycles. The maximum atomic E-state index is 12.7. The average Bonchev–Trinajstić information content (AvgIpc) is 3.12. The number of aromatic amines is 1. The number of ether oxygens (including phenoxy) is 1. The van der Waals surface area contributed by atoms with E-state index in [0.717, 1.165) is 36.4 Å². The Morgan fingerprint density at radius 3 is 2.77 bits per heavy atom. The third-order valence-corrected chi connectivity index (χ3v) is 6.53. The van der Waals surface area contributed by atoms with Gasteiger partial charge in [-0.2, -0.15) is 0 Å². The first kappa shape index (κ1) is 19.2. The number of thioether (sulfide) groups is 1. The monoisotopic (exact) mass is 380 g/mol. The smallest absolute Gasteiger partial charge is 0.249 e. The van der Waals surface area contributed by atoms with Crippen LogP contribution >= 0.6 is 11.8 Å². The van der Waals surface area contributed by atoms with Crippen LogP contribution in [0.2, 0.25) is 0 Å². The van der Waals surface area contributed by atoms with E-state index in [4.69, 9.17) is 4.74 Å². The summed E-state index contributed by atoms with van der Waals surface area (Å²) in [5.74, 6) is 1.12. The minimum absolute atomic E-state index is 0.00386. The Morgan fingerprint density at radius 2 is 2.12 bits per heavy atom. The molecule has 3 rings (SSSR count). The number of carbonyl (C=O) groups is 2. The second-order valence-corrected chi connectivity index (χ2v) is 8.53. The molecule has 0 radical (unpaired) electrons. The summed E-state index contributed by atoms with van der Waals surface area (Å²) in [6, 6.07) is 0. The first-order valence-corrected chi connectivity index (χ1v) is 10.3. The minimum Gasteiger partial charge on any atom is -0.375 e. The van der Waals surface area contributed by atoms with Crippen LogP contribution in [0, 0.1) is 0 Å². The van der Waals surface area contributed by atoms with Gasteiger partial charge in [-0.3, -0.25) is 9.59 Å². The van der Waals surface area contributed by atoms with Gasteiger partial charge in [-0.1, -0.05) is 6.92 Å². The van der Waals surface area contributed by atoms with Crippen molar-refractivity contribution in [3.8, 4) is 0 Å². The number of methoxy groups -OCH3 is 1. The Kier molecular flexibility index (Phi) is 5.92. The van der Waals surface area contributed by atoms with E-state index >= 15 is 0 Å². The molecular formula is C18H28N4O3S. The van der Waals surface area contributed by atoms with Crippen molar-refractivity contribution in [3.63, 3.8) is 0 Å². The summed E-state index contributed by atoms with van der Waals surface area (Å²) in [5.41, 5.74) is 1.65.